The molecule has 232 valence electrons. The predicted molar refractivity (Wildman–Crippen MR) is 178 cm³/mol. The molecule has 0 spiro atoms. The molecule has 0 aliphatic carbocycles. The quantitative estimate of drug-likeness (QED) is 0.170. The maximum atomic E-state index is 13.6. The third-order valence-corrected chi connectivity index (χ3v) is 8.42. The van der Waals surface area contributed by atoms with E-state index in [1.165, 1.54) is 13.4 Å². The standard InChI is InChI=1S/C33H41N7O3S/c1-20-7-8-22(32(41)39-27-17-23(33(2,3)4)18-28(30(27)43-5)40-44(6)42)16-26(20)38-31-29-25(35-19-36-31)10-9-24(37-29)15-21-11-13-34-14-12-21/h7-10,16-19,21,34,40H,11-15H2,1-6H3,(H,39,41)(H,35,36,38). The van der Waals surface area contributed by atoms with Crippen LogP contribution in [0.5, 0.6) is 5.75 Å². The number of rotatable bonds is 9. The molecular weight excluding hydrogens is 574 g/mol. The van der Waals surface area contributed by atoms with E-state index in [4.69, 9.17) is 9.72 Å². The first-order valence-electron chi connectivity index (χ1n) is 14.8. The third kappa shape index (κ3) is 7.40. The van der Waals surface area contributed by atoms with E-state index in [0.29, 0.717) is 39.9 Å². The number of methoxy groups -OCH3 is 1. The fraction of sp³-hybridized carbons (Fsp3) is 0.394. The van der Waals surface area contributed by atoms with Crippen LogP contribution in [0.3, 0.4) is 0 Å². The second-order valence-electron chi connectivity index (χ2n) is 12.3. The van der Waals surface area contributed by atoms with Gasteiger partial charge in [-0.15, -0.1) is 0 Å². The number of hydrogen-bond donors (Lipinski definition) is 4. The summed E-state index contributed by atoms with van der Waals surface area (Å²) < 4.78 is 20.6. The zero-order chi connectivity index (χ0) is 31.4. The summed E-state index contributed by atoms with van der Waals surface area (Å²) in [4.78, 5) is 27.5. The van der Waals surface area contributed by atoms with E-state index in [-0.39, 0.29) is 11.3 Å². The number of nitrogens with zero attached hydrogens (tertiary/aromatic N) is 3. The van der Waals surface area contributed by atoms with E-state index in [0.717, 1.165) is 60.4 Å². The van der Waals surface area contributed by atoms with Crippen LogP contribution in [0, 0.1) is 12.8 Å². The average molecular weight is 616 g/mol. The summed E-state index contributed by atoms with van der Waals surface area (Å²) in [6.45, 7) is 10.3. The highest BCUT2D eigenvalue weighted by molar-refractivity contribution is 7.92. The zero-order valence-corrected chi connectivity index (χ0v) is 27.0. The number of anilines is 4. The average Bonchev–Trinajstić information content (AvgIpc) is 2.98. The van der Waals surface area contributed by atoms with Crippen LogP contribution in [0.1, 0.15) is 60.8 Å². The Bertz CT molecular complexity index is 1650. The molecule has 1 fully saturated rings. The molecule has 0 bridgehead atoms. The van der Waals surface area contributed by atoms with Gasteiger partial charge in [0.25, 0.3) is 5.91 Å². The highest BCUT2D eigenvalue weighted by atomic mass is 32.2. The highest BCUT2D eigenvalue weighted by Crippen LogP contribution is 2.39. The summed E-state index contributed by atoms with van der Waals surface area (Å²) in [6.07, 6.45) is 6.28. The molecule has 2 aromatic heterocycles. The summed E-state index contributed by atoms with van der Waals surface area (Å²) >= 11 is -1.33. The smallest absolute Gasteiger partial charge is 0.255 e. The number of ether oxygens (including phenoxy) is 1. The molecule has 1 amide bonds. The van der Waals surface area contributed by atoms with Crippen LogP contribution in [-0.4, -0.2) is 51.9 Å². The Labute approximate surface area is 262 Å². The lowest BCUT2D eigenvalue weighted by Gasteiger charge is -2.24. The van der Waals surface area contributed by atoms with E-state index < -0.39 is 11.4 Å². The van der Waals surface area contributed by atoms with Crippen LogP contribution in [0.4, 0.5) is 22.9 Å². The monoisotopic (exact) mass is 615 g/mol. The Hall–Kier alpha value is -3.93. The van der Waals surface area contributed by atoms with E-state index in [9.17, 15) is 9.35 Å². The van der Waals surface area contributed by atoms with Crippen LogP contribution in [-0.2, 0) is 23.2 Å². The Morgan fingerprint density at radius 3 is 2.52 bits per heavy atom. The van der Waals surface area contributed by atoms with Crippen LogP contribution in [0.25, 0.3) is 11.0 Å². The summed E-state index contributed by atoms with van der Waals surface area (Å²) in [5.41, 5.74) is 6.38. The molecule has 10 nitrogen and oxygen atoms in total. The van der Waals surface area contributed by atoms with Crippen molar-refractivity contribution in [3.8, 4) is 5.75 Å². The fourth-order valence-corrected chi connectivity index (χ4v) is 5.85. The molecule has 2 aromatic carbocycles. The number of aromatic nitrogens is 3. The number of aryl methyl sites for hydroxylation is 1. The first-order valence-corrected chi connectivity index (χ1v) is 16.4. The van der Waals surface area contributed by atoms with Crippen LogP contribution < -0.4 is 25.4 Å². The van der Waals surface area contributed by atoms with Gasteiger partial charge in [0.1, 0.15) is 23.8 Å². The van der Waals surface area contributed by atoms with Crippen molar-refractivity contribution in [2.75, 3.05) is 41.8 Å². The fourth-order valence-electron chi connectivity index (χ4n) is 5.39. The Morgan fingerprint density at radius 1 is 1.07 bits per heavy atom. The molecule has 1 aliphatic rings. The maximum Gasteiger partial charge on any atom is 0.255 e. The zero-order valence-electron chi connectivity index (χ0n) is 26.2. The normalized spacial score (nSPS) is 14.7. The molecule has 0 radical (unpaired) electrons. The number of nitrogens with one attached hydrogen (secondary N) is 4. The third-order valence-electron chi connectivity index (χ3n) is 7.91. The van der Waals surface area contributed by atoms with E-state index in [2.05, 4.69) is 57.5 Å². The highest BCUT2D eigenvalue weighted by Gasteiger charge is 2.23. The maximum absolute atomic E-state index is 13.6. The number of amides is 1. The molecular formula is C33H41N7O3S. The lowest BCUT2D eigenvalue weighted by Crippen LogP contribution is -2.28. The molecule has 4 aromatic rings. The van der Waals surface area contributed by atoms with Gasteiger partial charge in [-0.05, 0) is 98.1 Å². The van der Waals surface area contributed by atoms with Crippen molar-refractivity contribution >= 4 is 51.2 Å². The summed E-state index contributed by atoms with van der Waals surface area (Å²) in [7, 11) is 1.53. The molecule has 1 atom stereocenters. The molecule has 1 unspecified atom stereocenters. The van der Waals surface area contributed by atoms with Crippen LogP contribution >= 0.6 is 0 Å². The van der Waals surface area contributed by atoms with Gasteiger partial charge in [0.2, 0.25) is 0 Å². The number of piperidine rings is 1. The number of carbonyl (C=O) groups is 1. The molecule has 5 rings (SSSR count). The van der Waals surface area contributed by atoms with Crippen molar-refractivity contribution in [1.29, 1.82) is 0 Å². The van der Waals surface area contributed by atoms with Gasteiger partial charge in [-0.2, -0.15) is 0 Å². The van der Waals surface area contributed by atoms with Crippen molar-refractivity contribution in [3.63, 3.8) is 0 Å². The minimum atomic E-state index is -1.33. The van der Waals surface area contributed by atoms with Gasteiger partial charge in [-0.3, -0.25) is 4.79 Å². The van der Waals surface area contributed by atoms with Gasteiger partial charge in [0, 0.05) is 16.9 Å². The molecule has 1 aliphatic heterocycles. The SMILES string of the molecule is COc1c(NC(=O)c2ccc(C)c(Nc3ncnc4ccc(CC5CCNCC5)nc34)c2)cc(C(C)(C)C)cc1N[S+](C)[O-]. The predicted octanol–water partition coefficient (Wildman–Crippen LogP) is 5.88. The second-order valence-corrected chi connectivity index (χ2v) is 13.4. The number of carbonyl (C=O) groups excluding carboxylic acids is 1. The van der Waals surface area contributed by atoms with Crippen molar-refractivity contribution < 1.29 is 14.1 Å². The number of pyridine rings is 1. The number of fused-ring (bicyclic) bond motifs is 1. The van der Waals surface area contributed by atoms with Crippen molar-refractivity contribution in [2.24, 2.45) is 5.92 Å². The topological polar surface area (TPSA) is 136 Å². The van der Waals surface area contributed by atoms with Crippen molar-refractivity contribution in [3.05, 3.63) is 71.2 Å². The van der Waals surface area contributed by atoms with Gasteiger partial charge in [-0.25, -0.2) is 19.7 Å². The minimum Gasteiger partial charge on any atom is -0.593 e. The molecule has 44 heavy (non-hydrogen) atoms. The largest absolute Gasteiger partial charge is 0.593 e. The summed E-state index contributed by atoms with van der Waals surface area (Å²) in [5, 5.41) is 9.85. The van der Waals surface area contributed by atoms with Crippen molar-refractivity contribution in [2.45, 2.75) is 52.4 Å². The van der Waals surface area contributed by atoms with E-state index in [1.54, 1.807) is 18.4 Å². The first kappa shape index (κ1) is 31.5. The van der Waals surface area contributed by atoms with Gasteiger partial charge < -0.3 is 25.2 Å². The Kier molecular flexibility index (Phi) is 9.57. The van der Waals surface area contributed by atoms with E-state index in [1.807, 2.05) is 31.2 Å². The van der Waals surface area contributed by atoms with Gasteiger partial charge in [0.15, 0.2) is 11.6 Å². The Balaban J connectivity index is 1.43. The molecule has 11 heteroatoms. The minimum absolute atomic E-state index is 0.222. The van der Waals surface area contributed by atoms with Gasteiger partial charge in [0.05, 0.1) is 29.7 Å². The number of hydrogen-bond acceptors (Lipinski definition) is 9. The summed E-state index contributed by atoms with van der Waals surface area (Å²) in [5.74, 6) is 1.30. The molecule has 4 N–H and O–H groups in total. The van der Waals surface area contributed by atoms with Gasteiger partial charge >= 0.3 is 0 Å². The lowest BCUT2D eigenvalue weighted by molar-refractivity contribution is 0.102. The Morgan fingerprint density at radius 2 is 1.82 bits per heavy atom. The lowest BCUT2D eigenvalue weighted by atomic mass is 9.86. The van der Waals surface area contributed by atoms with Crippen molar-refractivity contribution in [1.82, 2.24) is 20.3 Å². The molecule has 3 heterocycles. The first-order chi connectivity index (χ1) is 21.0. The number of benzene rings is 2. The van der Waals surface area contributed by atoms with Gasteiger partial charge in [-0.1, -0.05) is 26.8 Å². The molecule has 0 saturated carbocycles. The summed E-state index contributed by atoms with van der Waals surface area (Å²) in [6, 6.07) is 13.3. The molecule has 1 saturated heterocycles. The van der Waals surface area contributed by atoms with Crippen LogP contribution in [0.2, 0.25) is 0 Å². The van der Waals surface area contributed by atoms with Crippen LogP contribution in [0.15, 0.2) is 48.8 Å². The second kappa shape index (κ2) is 13.4. The van der Waals surface area contributed by atoms with E-state index >= 15 is 0 Å².